The third kappa shape index (κ3) is 4.71. The third-order valence-corrected chi connectivity index (χ3v) is 6.11. The number of para-hydroxylation sites is 2. The molecule has 0 saturated carbocycles. The largest absolute Gasteiger partial charge is 0.375 e. The minimum Gasteiger partial charge on any atom is -0.375 e. The summed E-state index contributed by atoms with van der Waals surface area (Å²) in [7, 11) is -8.61. The first-order chi connectivity index (χ1) is 13.2. The molecule has 0 amide bonds. The second-order valence-corrected chi connectivity index (χ2v) is 9.02. The summed E-state index contributed by atoms with van der Waals surface area (Å²) >= 11 is 11.3. The smallest absolute Gasteiger partial charge is 0.340 e. The van der Waals surface area contributed by atoms with Gasteiger partial charge >= 0.3 is 20.2 Å². The van der Waals surface area contributed by atoms with Crippen LogP contribution in [0.1, 0.15) is 0 Å². The van der Waals surface area contributed by atoms with Gasteiger partial charge in [0.05, 0.1) is 12.4 Å². The van der Waals surface area contributed by atoms with Crippen molar-refractivity contribution in [2.45, 2.75) is 9.79 Å². The van der Waals surface area contributed by atoms with Gasteiger partial charge in [-0.25, -0.2) is 9.97 Å². The molecule has 3 rings (SSSR count). The van der Waals surface area contributed by atoms with Gasteiger partial charge in [0.15, 0.2) is 11.5 Å². The van der Waals surface area contributed by atoms with Gasteiger partial charge in [-0.3, -0.25) is 0 Å². The Morgan fingerprint density at radius 1 is 0.643 bits per heavy atom. The fourth-order valence-electron chi connectivity index (χ4n) is 1.94. The Balaban J connectivity index is 1.91. The van der Waals surface area contributed by atoms with E-state index in [4.69, 9.17) is 31.6 Å². The quantitative estimate of drug-likeness (QED) is 0.406. The van der Waals surface area contributed by atoms with Crippen LogP contribution < -0.4 is 8.37 Å². The fraction of sp³-hybridized carbons (Fsp3) is 0. The molecule has 0 aliphatic rings. The number of pyridine rings is 2. The van der Waals surface area contributed by atoms with Crippen LogP contribution in [0.3, 0.4) is 0 Å². The van der Waals surface area contributed by atoms with Crippen molar-refractivity contribution in [1.82, 2.24) is 9.97 Å². The Bertz CT molecular complexity index is 1100. The highest BCUT2D eigenvalue weighted by Gasteiger charge is 2.23. The highest BCUT2D eigenvalue weighted by Crippen LogP contribution is 2.32. The molecular formula is C16H10Cl2N2O6S2. The summed E-state index contributed by atoms with van der Waals surface area (Å²) < 4.78 is 59.7. The predicted octanol–water partition coefficient (Wildman–Crippen LogP) is 3.32. The van der Waals surface area contributed by atoms with Crippen molar-refractivity contribution < 1.29 is 25.2 Å². The van der Waals surface area contributed by atoms with Crippen molar-refractivity contribution in [2.75, 3.05) is 0 Å². The molecule has 28 heavy (non-hydrogen) atoms. The first-order valence-electron chi connectivity index (χ1n) is 7.38. The minimum atomic E-state index is -4.30. The highest BCUT2D eigenvalue weighted by atomic mass is 35.5. The molecule has 0 atom stereocenters. The van der Waals surface area contributed by atoms with Crippen LogP contribution in [-0.2, 0) is 20.2 Å². The van der Waals surface area contributed by atoms with Crippen LogP contribution in [0.5, 0.6) is 11.5 Å². The first-order valence-corrected chi connectivity index (χ1v) is 11.0. The lowest BCUT2D eigenvalue weighted by Gasteiger charge is -2.12. The molecule has 3 aromatic rings. The Morgan fingerprint density at radius 2 is 1.04 bits per heavy atom. The summed E-state index contributed by atoms with van der Waals surface area (Å²) in [4.78, 5) is 6.82. The van der Waals surface area contributed by atoms with Crippen LogP contribution in [0.25, 0.3) is 0 Å². The molecule has 0 radical (unpaired) electrons. The molecule has 0 aliphatic heterocycles. The van der Waals surface area contributed by atoms with E-state index in [1.165, 1.54) is 48.5 Å². The molecule has 8 nitrogen and oxygen atoms in total. The van der Waals surface area contributed by atoms with Crippen molar-refractivity contribution in [2.24, 2.45) is 0 Å². The van der Waals surface area contributed by atoms with E-state index < -0.39 is 20.2 Å². The number of benzene rings is 1. The van der Waals surface area contributed by atoms with E-state index in [0.29, 0.717) is 0 Å². The number of nitrogens with zero attached hydrogens (tertiary/aromatic N) is 2. The zero-order chi connectivity index (χ0) is 20.4. The van der Waals surface area contributed by atoms with E-state index in [0.717, 1.165) is 12.4 Å². The molecule has 2 aromatic heterocycles. The highest BCUT2D eigenvalue weighted by molar-refractivity contribution is 7.87. The Morgan fingerprint density at radius 3 is 1.36 bits per heavy atom. The van der Waals surface area contributed by atoms with Gasteiger partial charge in [-0.2, -0.15) is 16.8 Å². The van der Waals surface area contributed by atoms with E-state index in [9.17, 15) is 16.8 Å². The molecule has 0 N–H and O–H groups in total. The van der Waals surface area contributed by atoms with E-state index in [-0.39, 0.29) is 31.6 Å². The number of rotatable bonds is 6. The molecule has 0 bridgehead atoms. The van der Waals surface area contributed by atoms with Crippen LogP contribution in [0, 0.1) is 0 Å². The van der Waals surface area contributed by atoms with Gasteiger partial charge in [0, 0.05) is 0 Å². The SMILES string of the molecule is O=S(=O)(Oc1ccccc1OS(=O)(=O)c1ccc(Cl)nc1)c1ccc(Cl)nc1. The van der Waals surface area contributed by atoms with Crippen molar-refractivity contribution in [3.8, 4) is 11.5 Å². The average Bonchev–Trinajstić information content (AvgIpc) is 2.64. The van der Waals surface area contributed by atoms with Gasteiger partial charge < -0.3 is 8.37 Å². The lowest BCUT2D eigenvalue weighted by atomic mass is 10.3. The van der Waals surface area contributed by atoms with E-state index in [2.05, 4.69) is 9.97 Å². The van der Waals surface area contributed by atoms with Crippen molar-refractivity contribution in [3.05, 3.63) is 71.2 Å². The van der Waals surface area contributed by atoms with Gasteiger partial charge in [-0.05, 0) is 36.4 Å². The number of hydrogen-bond donors (Lipinski definition) is 0. The molecule has 12 heteroatoms. The maximum atomic E-state index is 12.4. The summed E-state index contributed by atoms with van der Waals surface area (Å²) in [5.41, 5.74) is 0. The summed E-state index contributed by atoms with van der Waals surface area (Å²) in [5.74, 6) is -0.661. The zero-order valence-corrected chi connectivity index (χ0v) is 16.8. The van der Waals surface area contributed by atoms with Crippen LogP contribution in [0.2, 0.25) is 10.3 Å². The summed E-state index contributed by atoms with van der Waals surface area (Å²) in [6.45, 7) is 0. The van der Waals surface area contributed by atoms with Crippen LogP contribution in [0.15, 0.2) is 70.7 Å². The van der Waals surface area contributed by atoms with Crippen molar-refractivity contribution in [1.29, 1.82) is 0 Å². The van der Waals surface area contributed by atoms with Crippen molar-refractivity contribution >= 4 is 43.4 Å². The lowest BCUT2D eigenvalue weighted by molar-refractivity contribution is 0.449. The maximum absolute atomic E-state index is 12.4. The molecule has 146 valence electrons. The maximum Gasteiger partial charge on any atom is 0.340 e. The van der Waals surface area contributed by atoms with Crippen LogP contribution >= 0.6 is 23.2 Å². The number of hydrogen-bond acceptors (Lipinski definition) is 8. The second kappa shape index (κ2) is 7.92. The minimum absolute atomic E-state index is 0.102. The molecular weight excluding hydrogens is 451 g/mol. The predicted molar refractivity (Wildman–Crippen MR) is 101 cm³/mol. The van der Waals surface area contributed by atoms with Crippen molar-refractivity contribution in [3.63, 3.8) is 0 Å². The number of aromatic nitrogens is 2. The molecule has 0 fully saturated rings. The average molecular weight is 461 g/mol. The second-order valence-electron chi connectivity index (χ2n) is 5.15. The molecule has 0 spiro atoms. The molecule has 0 saturated heterocycles. The van der Waals surface area contributed by atoms with Gasteiger partial charge in [0.1, 0.15) is 20.1 Å². The Kier molecular flexibility index (Phi) is 5.75. The number of halogens is 2. The van der Waals surface area contributed by atoms with E-state index in [1.807, 2.05) is 0 Å². The normalized spacial score (nSPS) is 11.8. The molecule has 1 aromatic carbocycles. The van der Waals surface area contributed by atoms with Gasteiger partial charge in [0.25, 0.3) is 0 Å². The zero-order valence-electron chi connectivity index (χ0n) is 13.7. The van der Waals surface area contributed by atoms with E-state index in [1.54, 1.807) is 0 Å². The first kappa shape index (κ1) is 20.3. The standard InChI is InChI=1S/C16H10Cl2N2O6S2/c17-15-7-5-11(9-19-15)27(21,22)25-13-3-1-2-4-14(13)26-28(23,24)12-6-8-16(18)20-10-12/h1-10H. The molecule has 0 aliphatic carbocycles. The van der Waals surface area contributed by atoms with Crippen LogP contribution in [0.4, 0.5) is 0 Å². The Hall–Kier alpha value is -2.40. The van der Waals surface area contributed by atoms with Crippen LogP contribution in [-0.4, -0.2) is 26.8 Å². The van der Waals surface area contributed by atoms with E-state index >= 15 is 0 Å². The van der Waals surface area contributed by atoms with Gasteiger partial charge in [0.2, 0.25) is 0 Å². The third-order valence-electron chi connectivity index (χ3n) is 3.23. The van der Waals surface area contributed by atoms with Gasteiger partial charge in [-0.1, -0.05) is 35.3 Å². The summed E-state index contributed by atoms with van der Waals surface area (Å²) in [6.07, 6.45) is 2.02. The lowest BCUT2D eigenvalue weighted by Crippen LogP contribution is -2.14. The fourth-order valence-corrected chi connectivity index (χ4v) is 3.94. The summed E-state index contributed by atoms with van der Waals surface area (Å²) in [6, 6.07) is 10.3. The summed E-state index contributed by atoms with van der Waals surface area (Å²) in [5, 5.41) is 0.204. The molecule has 0 unspecified atom stereocenters. The monoisotopic (exact) mass is 460 g/mol. The molecule has 2 heterocycles. The Labute approximate surface area is 170 Å². The topological polar surface area (TPSA) is 113 Å². The van der Waals surface area contributed by atoms with Gasteiger partial charge in [-0.15, -0.1) is 0 Å².